The Morgan fingerprint density at radius 2 is 1.76 bits per heavy atom. The summed E-state index contributed by atoms with van der Waals surface area (Å²) in [6, 6.07) is 0. The van der Waals surface area contributed by atoms with E-state index in [0.717, 1.165) is 18.4 Å². The van der Waals surface area contributed by atoms with Crippen LogP contribution >= 0.6 is 0 Å². The molecule has 0 heterocycles. The third-order valence-electron chi connectivity index (χ3n) is 2.70. The molecule has 17 heavy (non-hydrogen) atoms. The van der Waals surface area contributed by atoms with Gasteiger partial charge in [0.2, 0.25) is 0 Å². The van der Waals surface area contributed by atoms with Crippen molar-refractivity contribution in [2.45, 2.75) is 46.8 Å². The summed E-state index contributed by atoms with van der Waals surface area (Å²) in [4.78, 5) is 0. The molecule has 0 N–H and O–H groups in total. The fourth-order valence-corrected chi connectivity index (χ4v) is 1.26. The summed E-state index contributed by atoms with van der Waals surface area (Å²) in [7, 11) is 0. The van der Waals surface area contributed by atoms with Gasteiger partial charge in [-0.1, -0.05) is 45.6 Å². The third-order valence-corrected chi connectivity index (χ3v) is 2.70. The van der Waals surface area contributed by atoms with E-state index in [1.807, 2.05) is 26.0 Å². The first-order valence-corrected chi connectivity index (χ1v) is 6.39. The lowest BCUT2D eigenvalue weighted by Crippen LogP contribution is -2.14. The molecule has 0 amide bonds. The van der Waals surface area contributed by atoms with E-state index in [9.17, 15) is 0 Å². The minimum Gasteiger partial charge on any atom is -0.466 e. The van der Waals surface area contributed by atoms with Crippen molar-refractivity contribution in [3.63, 3.8) is 0 Å². The highest BCUT2D eigenvalue weighted by atomic mass is 16.7. The Balaban J connectivity index is 4.16. The van der Waals surface area contributed by atoms with Gasteiger partial charge in [-0.3, -0.25) is 0 Å². The van der Waals surface area contributed by atoms with Crippen LogP contribution in [0, 0.1) is 5.92 Å². The van der Waals surface area contributed by atoms with E-state index >= 15 is 0 Å². The Morgan fingerprint density at radius 1 is 1.12 bits per heavy atom. The fourth-order valence-electron chi connectivity index (χ4n) is 1.26. The highest BCUT2D eigenvalue weighted by molar-refractivity contribution is 5.22. The number of hydrogen-bond acceptors (Lipinski definition) is 2. The molecule has 0 aliphatic rings. The van der Waals surface area contributed by atoms with Gasteiger partial charge in [0.15, 0.2) is 6.29 Å². The first-order chi connectivity index (χ1) is 8.04. The van der Waals surface area contributed by atoms with E-state index in [1.165, 1.54) is 0 Å². The first-order valence-electron chi connectivity index (χ1n) is 6.39. The van der Waals surface area contributed by atoms with Crippen molar-refractivity contribution in [3.05, 3.63) is 36.6 Å². The van der Waals surface area contributed by atoms with Crippen LogP contribution in [0.2, 0.25) is 0 Å². The number of hydrogen-bond donors (Lipinski definition) is 0. The standard InChI is InChI=1S/C15H26O2/c1-7-12(4)13(5)10-11-14(6)17-15(8-2)16-9-3/h10-12,15H,5-9H2,1-4H3/b11-10-. The van der Waals surface area contributed by atoms with Gasteiger partial charge in [-0.15, -0.1) is 0 Å². The van der Waals surface area contributed by atoms with Crippen molar-refractivity contribution in [2.75, 3.05) is 6.61 Å². The molecule has 0 bridgehead atoms. The minimum absolute atomic E-state index is 0.200. The average Bonchev–Trinajstić information content (AvgIpc) is 2.34. The number of allylic oxidation sites excluding steroid dienone is 3. The molecule has 0 spiro atoms. The van der Waals surface area contributed by atoms with E-state index in [1.54, 1.807) is 0 Å². The summed E-state index contributed by atoms with van der Waals surface area (Å²) in [5.74, 6) is 1.11. The van der Waals surface area contributed by atoms with E-state index in [0.29, 0.717) is 18.3 Å². The second-order valence-electron chi connectivity index (χ2n) is 4.09. The molecule has 0 aromatic heterocycles. The largest absolute Gasteiger partial charge is 0.466 e. The van der Waals surface area contributed by atoms with Crippen molar-refractivity contribution in [1.29, 1.82) is 0 Å². The Kier molecular flexibility index (Phi) is 8.51. The molecule has 0 aromatic carbocycles. The van der Waals surface area contributed by atoms with Crippen molar-refractivity contribution in [2.24, 2.45) is 5.92 Å². The zero-order valence-corrected chi connectivity index (χ0v) is 11.7. The normalized spacial score (nSPS) is 14.6. The Bertz CT molecular complexity index is 266. The van der Waals surface area contributed by atoms with Gasteiger partial charge in [0, 0.05) is 13.0 Å². The Morgan fingerprint density at radius 3 is 2.24 bits per heavy atom. The molecule has 2 atom stereocenters. The molecular formula is C15H26O2. The molecule has 2 unspecified atom stereocenters. The van der Waals surface area contributed by atoms with Gasteiger partial charge in [-0.25, -0.2) is 0 Å². The van der Waals surface area contributed by atoms with E-state index in [4.69, 9.17) is 9.47 Å². The van der Waals surface area contributed by atoms with E-state index in [2.05, 4.69) is 27.0 Å². The molecule has 0 aromatic rings. The maximum absolute atomic E-state index is 5.56. The highest BCUT2D eigenvalue weighted by Crippen LogP contribution is 2.15. The molecule has 2 nitrogen and oxygen atoms in total. The summed E-state index contributed by atoms with van der Waals surface area (Å²) in [6.45, 7) is 16.8. The second kappa shape index (κ2) is 9.06. The molecule has 98 valence electrons. The topological polar surface area (TPSA) is 18.5 Å². The number of rotatable bonds is 9. The Labute approximate surface area is 106 Å². The van der Waals surface area contributed by atoms with Crippen LogP contribution in [0.4, 0.5) is 0 Å². The van der Waals surface area contributed by atoms with Crippen LogP contribution in [0.1, 0.15) is 40.5 Å². The van der Waals surface area contributed by atoms with Crippen molar-refractivity contribution < 1.29 is 9.47 Å². The average molecular weight is 238 g/mol. The first kappa shape index (κ1) is 16.0. The molecule has 0 saturated carbocycles. The van der Waals surface area contributed by atoms with Gasteiger partial charge in [0.25, 0.3) is 0 Å². The summed E-state index contributed by atoms with van der Waals surface area (Å²) in [6.07, 6.45) is 5.53. The van der Waals surface area contributed by atoms with Gasteiger partial charge >= 0.3 is 0 Å². The summed E-state index contributed by atoms with van der Waals surface area (Å²) in [5.41, 5.74) is 1.10. The second-order valence-corrected chi connectivity index (χ2v) is 4.09. The molecule has 0 fully saturated rings. The van der Waals surface area contributed by atoms with Crippen LogP contribution in [0.5, 0.6) is 0 Å². The smallest absolute Gasteiger partial charge is 0.199 e. The number of ether oxygens (including phenoxy) is 2. The van der Waals surface area contributed by atoms with Crippen molar-refractivity contribution >= 4 is 0 Å². The van der Waals surface area contributed by atoms with Gasteiger partial charge in [0.1, 0.15) is 5.76 Å². The summed E-state index contributed by atoms with van der Waals surface area (Å²) >= 11 is 0. The third kappa shape index (κ3) is 7.01. The molecular weight excluding hydrogens is 212 g/mol. The van der Waals surface area contributed by atoms with Crippen LogP contribution in [-0.2, 0) is 9.47 Å². The molecule has 0 saturated heterocycles. The van der Waals surface area contributed by atoms with Crippen LogP contribution in [-0.4, -0.2) is 12.9 Å². The fraction of sp³-hybridized carbons (Fsp3) is 0.600. The monoisotopic (exact) mass is 238 g/mol. The van der Waals surface area contributed by atoms with Crippen LogP contribution < -0.4 is 0 Å². The zero-order valence-electron chi connectivity index (χ0n) is 11.7. The van der Waals surface area contributed by atoms with Gasteiger partial charge < -0.3 is 9.47 Å². The highest BCUT2D eigenvalue weighted by Gasteiger charge is 2.06. The predicted octanol–water partition coefficient (Wildman–Crippen LogP) is 4.45. The van der Waals surface area contributed by atoms with E-state index < -0.39 is 0 Å². The Hall–Kier alpha value is -1.02. The molecule has 0 aliphatic carbocycles. The van der Waals surface area contributed by atoms with Crippen LogP contribution in [0.25, 0.3) is 0 Å². The lowest BCUT2D eigenvalue weighted by molar-refractivity contribution is -0.110. The molecule has 0 aliphatic heterocycles. The summed E-state index contributed by atoms with van der Waals surface area (Å²) in [5, 5.41) is 0. The maximum atomic E-state index is 5.56. The SMILES string of the molecule is C=C(/C=C\C(=C)C(C)CC)OC(CC)OCC. The van der Waals surface area contributed by atoms with E-state index in [-0.39, 0.29) is 6.29 Å². The quantitative estimate of drug-likeness (QED) is 0.336. The minimum atomic E-state index is -0.200. The van der Waals surface area contributed by atoms with Gasteiger partial charge in [-0.05, 0) is 25.3 Å². The predicted molar refractivity (Wildman–Crippen MR) is 73.7 cm³/mol. The summed E-state index contributed by atoms with van der Waals surface area (Å²) < 4.78 is 11.0. The van der Waals surface area contributed by atoms with Crippen molar-refractivity contribution in [1.82, 2.24) is 0 Å². The van der Waals surface area contributed by atoms with Gasteiger partial charge in [-0.2, -0.15) is 0 Å². The lowest BCUT2D eigenvalue weighted by Gasteiger charge is -2.17. The van der Waals surface area contributed by atoms with Crippen molar-refractivity contribution in [3.8, 4) is 0 Å². The molecule has 0 rings (SSSR count). The van der Waals surface area contributed by atoms with Crippen LogP contribution in [0.15, 0.2) is 36.6 Å². The lowest BCUT2D eigenvalue weighted by atomic mass is 10.00. The van der Waals surface area contributed by atoms with Gasteiger partial charge in [0.05, 0.1) is 0 Å². The molecule has 0 radical (unpaired) electrons. The van der Waals surface area contributed by atoms with Crippen LogP contribution in [0.3, 0.4) is 0 Å². The molecule has 2 heteroatoms. The zero-order chi connectivity index (χ0) is 13.3. The maximum Gasteiger partial charge on any atom is 0.199 e.